The van der Waals surface area contributed by atoms with Gasteiger partial charge in [0.25, 0.3) is 5.56 Å². The molecule has 2 rings (SSSR count). The van der Waals surface area contributed by atoms with Crippen molar-refractivity contribution >= 4 is 0 Å². The Morgan fingerprint density at radius 1 is 1.25 bits per heavy atom. The summed E-state index contributed by atoms with van der Waals surface area (Å²) in [4.78, 5) is 11.5. The summed E-state index contributed by atoms with van der Waals surface area (Å²) >= 11 is 0. The van der Waals surface area contributed by atoms with Gasteiger partial charge in [-0.1, -0.05) is 12.1 Å². The van der Waals surface area contributed by atoms with Crippen LogP contribution in [0.1, 0.15) is 5.56 Å². The van der Waals surface area contributed by atoms with Crippen molar-refractivity contribution in [1.29, 1.82) is 0 Å². The number of hydrogen-bond acceptors (Lipinski definition) is 2. The van der Waals surface area contributed by atoms with Crippen molar-refractivity contribution in [1.82, 2.24) is 4.57 Å². The molecule has 82 valence electrons. The molecule has 0 radical (unpaired) electrons. The molecular formula is C12H11FN2O. The lowest BCUT2D eigenvalue weighted by atomic mass is 10.2. The third kappa shape index (κ3) is 1.87. The Kier molecular flexibility index (Phi) is 2.83. The predicted molar refractivity (Wildman–Crippen MR) is 59.9 cm³/mol. The molecule has 0 bridgehead atoms. The molecule has 0 unspecified atom stereocenters. The molecule has 0 saturated carbocycles. The minimum absolute atomic E-state index is 0.239. The van der Waals surface area contributed by atoms with Crippen LogP contribution in [0.25, 0.3) is 5.69 Å². The molecule has 16 heavy (non-hydrogen) atoms. The van der Waals surface area contributed by atoms with Gasteiger partial charge in [0.2, 0.25) is 0 Å². The normalized spacial score (nSPS) is 10.4. The van der Waals surface area contributed by atoms with Gasteiger partial charge in [0.05, 0.1) is 5.69 Å². The summed E-state index contributed by atoms with van der Waals surface area (Å²) in [5, 5.41) is 0. The summed E-state index contributed by atoms with van der Waals surface area (Å²) in [6.45, 7) is 0.279. The van der Waals surface area contributed by atoms with Crippen molar-refractivity contribution in [2.45, 2.75) is 6.54 Å². The van der Waals surface area contributed by atoms with Crippen LogP contribution in [0.2, 0.25) is 0 Å². The molecule has 1 heterocycles. The molecule has 0 amide bonds. The molecule has 2 N–H and O–H groups in total. The maximum Gasteiger partial charge on any atom is 0.255 e. The lowest BCUT2D eigenvalue weighted by molar-refractivity contribution is 0.614. The van der Waals surface area contributed by atoms with E-state index >= 15 is 0 Å². The Bertz CT molecular complexity index is 563. The number of benzene rings is 1. The Morgan fingerprint density at radius 3 is 2.69 bits per heavy atom. The first-order valence-electron chi connectivity index (χ1n) is 4.89. The molecule has 3 nitrogen and oxygen atoms in total. The van der Waals surface area contributed by atoms with E-state index in [1.807, 2.05) is 0 Å². The third-order valence-corrected chi connectivity index (χ3v) is 2.33. The number of rotatable bonds is 2. The number of pyridine rings is 1. The highest BCUT2D eigenvalue weighted by atomic mass is 19.1. The summed E-state index contributed by atoms with van der Waals surface area (Å²) in [7, 11) is 0. The van der Waals surface area contributed by atoms with Crippen molar-refractivity contribution in [2.24, 2.45) is 5.73 Å². The molecule has 0 aliphatic rings. The lowest BCUT2D eigenvalue weighted by Gasteiger charge is -2.07. The average Bonchev–Trinajstić information content (AvgIpc) is 2.30. The number of nitrogens with zero attached hydrogens (tertiary/aromatic N) is 1. The highest BCUT2D eigenvalue weighted by molar-refractivity contribution is 5.36. The van der Waals surface area contributed by atoms with E-state index in [4.69, 9.17) is 5.73 Å². The fraction of sp³-hybridized carbons (Fsp3) is 0.0833. The number of aromatic nitrogens is 1. The summed E-state index contributed by atoms with van der Waals surface area (Å²) in [6.07, 6.45) is 1.53. The minimum atomic E-state index is -0.448. The maximum atomic E-state index is 13.7. The highest BCUT2D eigenvalue weighted by Crippen LogP contribution is 2.13. The topological polar surface area (TPSA) is 48.0 Å². The average molecular weight is 218 g/mol. The predicted octanol–water partition coefficient (Wildman–Crippen LogP) is 1.44. The van der Waals surface area contributed by atoms with Gasteiger partial charge >= 0.3 is 0 Å². The van der Waals surface area contributed by atoms with E-state index < -0.39 is 5.82 Å². The minimum Gasteiger partial charge on any atom is -0.326 e. The SMILES string of the molecule is NCc1ccc(-n2ccccc2=O)c(F)c1. The van der Waals surface area contributed by atoms with E-state index in [1.165, 1.54) is 22.9 Å². The monoisotopic (exact) mass is 218 g/mol. The van der Waals surface area contributed by atoms with Gasteiger partial charge in [-0.05, 0) is 23.8 Å². The van der Waals surface area contributed by atoms with Gasteiger partial charge in [-0.2, -0.15) is 0 Å². The van der Waals surface area contributed by atoms with Crippen LogP contribution < -0.4 is 11.3 Å². The first-order chi connectivity index (χ1) is 7.72. The second kappa shape index (κ2) is 4.28. The number of halogens is 1. The zero-order valence-electron chi connectivity index (χ0n) is 8.56. The molecule has 0 aliphatic carbocycles. The molecule has 0 fully saturated rings. The van der Waals surface area contributed by atoms with Crippen LogP contribution in [0.3, 0.4) is 0 Å². The van der Waals surface area contributed by atoms with Crippen LogP contribution >= 0.6 is 0 Å². The molecule has 0 aliphatic heterocycles. The molecular weight excluding hydrogens is 207 g/mol. The van der Waals surface area contributed by atoms with E-state index in [-0.39, 0.29) is 17.8 Å². The van der Waals surface area contributed by atoms with Gasteiger partial charge in [0.15, 0.2) is 0 Å². The van der Waals surface area contributed by atoms with E-state index in [0.29, 0.717) is 5.56 Å². The van der Waals surface area contributed by atoms with Crippen molar-refractivity contribution in [3.63, 3.8) is 0 Å². The van der Waals surface area contributed by atoms with Gasteiger partial charge in [0.1, 0.15) is 5.82 Å². The van der Waals surface area contributed by atoms with E-state index in [0.717, 1.165) is 0 Å². The summed E-state index contributed by atoms with van der Waals surface area (Å²) < 4.78 is 14.9. The first kappa shape index (κ1) is 10.6. The molecule has 4 heteroatoms. The second-order valence-corrected chi connectivity index (χ2v) is 3.40. The summed E-state index contributed by atoms with van der Waals surface area (Å²) in [5.74, 6) is -0.448. The Labute approximate surface area is 92.0 Å². The first-order valence-corrected chi connectivity index (χ1v) is 4.89. The van der Waals surface area contributed by atoms with E-state index in [1.54, 1.807) is 24.3 Å². The highest BCUT2D eigenvalue weighted by Gasteiger charge is 2.05. The smallest absolute Gasteiger partial charge is 0.255 e. The molecule has 2 aromatic rings. The summed E-state index contributed by atoms with van der Waals surface area (Å²) in [5.41, 5.74) is 6.08. The van der Waals surface area contributed by atoms with Crippen LogP contribution in [0.15, 0.2) is 47.4 Å². The van der Waals surface area contributed by atoms with Crippen LogP contribution in [-0.2, 0) is 6.54 Å². The maximum absolute atomic E-state index is 13.7. The Hall–Kier alpha value is -1.94. The van der Waals surface area contributed by atoms with Gasteiger partial charge < -0.3 is 5.73 Å². The van der Waals surface area contributed by atoms with Crippen LogP contribution in [0, 0.1) is 5.82 Å². The van der Waals surface area contributed by atoms with Gasteiger partial charge in [-0.15, -0.1) is 0 Å². The molecule has 1 aromatic heterocycles. The number of nitrogens with two attached hydrogens (primary N) is 1. The Morgan fingerprint density at radius 2 is 2.06 bits per heavy atom. The van der Waals surface area contributed by atoms with Crippen molar-refractivity contribution in [3.05, 3.63) is 64.3 Å². The van der Waals surface area contributed by atoms with Crippen LogP contribution in [-0.4, -0.2) is 4.57 Å². The van der Waals surface area contributed by atoms with Gasteiger partial charge in [-0.3, -0.25) is 9.36 Å². The fourth-order valence-electron chi connectivity index (χ4n) is 1.50. The zero-order valence-corrected chi connectivity index (χ0v) is 8.56. The zero-order chi connectivity index (χ0) is 11.5. The standard InChI is InChI=1S/C12H11FN2O/c13-10-7-9(8-14)4-5-11(10)15-6-2-1-3-12(15)16/h1-7H,8,14H2. The van der Waals surface area contributed by atoms with E-state index in [2.05, 4.69) is 0 Å². The van der Waals surface area contributed by atoms with Crippen LogP contribution in [0.4, 0.5) is 4.39 Å². The fourth-order valence-corrected chi connectivity index (χ4v) is 1.50. The molecule has 0 atom stereocenters. The summed E-state index contributed by atoms with van der Waals surface area (Å²) in [6, 6.07) is 9.28. The number of hydrogen-bond donors (Lipinski definition) is 1. The van der Waals surface area contributed by atoms with E-state index in [9.17, 15) is 9.18 Å². The molecule has 0 spiro atoms. The lowest BCUT2D eigenvalue weighted by Crippen LogP contribution is -2.17. The molecule has 0 saturated heterocycles. The van der Waals surface area contributed by atoms with Gasteiger partial charge in [-0.25, -0.2) is 4.39 Å². The van der Waals surface area contributed by atoms with Gasteiger partial charge in [0, 0.05) is 18.8 Å². The Balaban J connectivity index is 2.57. The van der Waals surface area contributed by atoms with Crippen LogP contribution in [0.5, 0.6) is 0 Å². The quantitative estimate of drug-likeness (QED) is 0.829. The second-order valence-electron chi connectivity index (χ2n) is 3.40. The van der Waals surface area contributed by atoms with Crippen molar-refractivity contribution in [3.8, 4) is 5.69 Å². The largest absolute Gasteiger partial charge is 0.326 e. The van der Waals surface area contributed by atoms with Crippen molar-refractivity contribution < 1.29 is 4.39 Å². The molecule has 1 aromatic carbocycles. The third-order valence-electron chi connectivity index (χ3n) is 2.33. The van der Waals surface area contributed by atoms with Crippen molar-refractivity contribution in [2.75, 3.05) is 0 Å².